The van der Waals surface area contributed by atoms with Gasteiger partial charge in [0.15, 0.2) is 5.84 Å². The molecule has 2 rings (SSSR count). The first kappa shape index (κ1) is 15.1. The van der Waals surface area contributed by atoms with Crippen LogP contribution in [0.5, 0.6) is 0 Å². The normalized spacial score (nSPS) is 17.8. The number of oxime groups is 1. The van der Waals surface area contributed by atoms with Gasteiger partial charge in [0, 0.05) is 47.9 Å². The number of hydrogen-bond acceptors (Lipinski definition) is 4. The summed E-state index contributed by atoms with van der Waals surface area (Å²) < 4.78 is 0.844. The maximum Gasteiger partial charge on any atom is 0.171 e. The molecule has 0 aliphatic carbocycles. The quantitative estimate of drug-likeness (QED) is 0.382. The zero-order chi connectivity index (χ0) is 14.7. The van der Waals surface area contributed by atoms with Crippen molar-refractivity contribution < 1.29 is 5.21 Å². The van der Waals surface area contributed by atoms with Gasteiger partial charge in [0.05, 0.1) is 0 Å². The average molecular weight is 341 g/mol. The lowest BCUT2D eigenvalue weighted by Gasteiger charge is -2.38. The molecule has 0 spiro atoms. The fourth-order valence-electron chi connectivity index (χ4n) is 2.46. The molecule has 0 aromatic heterocycles. The first-order valence-electron chi connectivity index (χ1n) is 6.79. The number of halogens is 1. The molecular weight excluding hydrogens is 320 g/mol. The third kappa shape index (κ3) is 3.24. The van der Waals surface area contributed by atoms with Crippen LogP contribution < -0.4 is 10.6 Å². The Morgan fingerprint density at radius 1 is 1.30 bits per heavy atom. The second-order valence-electron chi connectivity index (χ2n) is 5.27. The highest BCUT2D eigenvalue weighted by atomic mass is 79.9. The van der Waals surface area contributed by atoms with Gasteiger partial charge in [-0.2, -0.15) is 0 Å². The molecule has 1 aliphatic rings. The van der Waals surface area contributed by atoms with E-state index in [-0.39, 0.29) is 5.84 Å². The molecule has 1 heterocycles. The van der Waals surface area contributed by atoms with Crippen molar-refractivity contribution >= 4 is 27.5 Å². The van der Waals surface area contributed by atoms with Crippen LogP contribution in [0.4, 0.5) is 5.69 Å². The molecule has 1 saturated heterocycles. The number of anilines is 1. The van der Waals surface area contributed by atoms with Gasteiger partial charge in [-0.15, -0.1) is 0 Å². The van der Waals surface area contributed by atoms with Crippen LogP contribution in [0.3, 0.4) is 0 Å². The van der Waals surface area contributed by atoms with Crippen LogP contribution in [0.1, 0.15) is 19.4 Å². The summed E-state index contributed by atoms with van der Waals surface area (Å²) in [7, 11) is 0. The number of rotatable bonds is 3. The molecule has 3 N–H and O–H groups in total. The van der Waals surface area contributed by atoms with Crippen LogP contribution in [0.15, 0.2) is 27.8 Å². The maximum atomic E-state index is 8.74. The number of amidine groups is 1. The Labute approximate surface area is 128 Å². The minimum Gasteiger partial charge on any atom is -0.409 e. The molecule has 1 aromatic rings. The Hall–Kier alpha value is -1.27. The number of benzene rings is 1. The Balaban J connectivity index is 2.10. The Morgan fingerprint density at radius 2 is 1.95 bits per heavy atom. The van der Waals surface area contributed by atoms with Gasteiger partial charge in [-0.05, 0) is 48.0 Å². The standard InChI is InChI=1S/C14H21BrN4O/c1-10(2)18-5-7-19(8-6-18)11-3-4-12(13(15)9-11)14(16)17-20/h3-4,9-10,20H,5-8H2,1-2H3,(H2,16,17). The molecule has 0 atom stereocenters. The highest BCUT2D eigenvalue weighted by Gasteiger charge is 2.19. The highest BCUT2D eigenvalue weighted by molar-refractivity contribution is 9.10. The van der Waals surface area contributed by atoms with E-state index in [0.717, 1.165) is 36.3 Å². The van der Waals surface area contributed by atoms with Crippen molar-refractivity contribution in [1.82, 2.24) is 4.90 Å². The lowest BCUT2D eigenvalue weighted by molar-refractivity contribution is 0.209. The van der Waals surface area contributed by atoms with Crippen LogP contribution in [-0.2, 0) is 0 Å². The Morgan fingerprint density at radius 3 is 2.45 bits per heavy atom. The largest absolute Gasteiger partial charge is 0.409 e. The van der Waals surface area contributed by atoms with Gasteiger partial charge in [0.1, 0.15) is 0 Å². The lowest BCUT2D eigenvalue weighted by atomic mass is 10.1. The van der Waals surface area contributed by atoms with Crippen molar-refractivity contribution in [3.8, 4) is 0 Å². The third-order valence-electron chi connectivity index (χ3n) is 3.75. The molecule has 1 aromatic carbocycles. The first-order valence-corrected chi connectivity index (χ1v) is 7.58. The van der Waals surface area contributed by atoms with E-state index in [0.29, 0.717) is 11.6 Å². The Bertz CT molecular complexity index is 496. The van der Waals surface area contributed by atoms with Gasteiger partial charge in [-0.3, -0.25) is 4.90 Å². The summed E-state index contributed by atoms with van der Waals surface area (Å²) >= 11 is 3.48. The summed E-state index contributed by atoms with van der Waals surface area (Å²) in [5, 5.41) is 11.8. The van der Waals surface area contributed by atoms with Crippen molar-refractivity contribution in [2.24, 2.45) is 10.9 Å². The summed E-state index contributed by atoms with van der Waals surface area (Å²) in [6.07, 6.45) is 0. The summed E-state index contributed by atoms with van der Waals surface area (Å²) in [5.74, 6) is 0.119. The van der Waals surface area contributed by atoms with Gasteiger partial charge in [0.25, 0.3) is 0 Å². The van der Waals surface area contributed by atoms with Crippen LogP contribution in [0.2, 0.25) is 0 Å². The van der Waals surface area contributed by atoms with E-state index in [2.05, 4.69) is 44.7 Å². The summed E-state index contributed by atoms with van der Waals surface area (Å²) in [5.41, 5.74) is 7.49. The predicted molar refractivity (Wildman–Crippen MR) is 85.6 cm³/mol. The lowest BCUT2D eigenvalue weighted by Crippen LogP contribution is -2.48. The molecule has 6 heteroatoms. The van der Waals surface area contributed by atoms with E-state index < -0.39 is 0 Å². The first-order chi connectivity index (χ1) is 9.52. The smallest absolute Gasteiger partial charge is 0.171 e. The van der Waals surface area contributed by atoms with Crippen molar-refractivity contribution in [3.63, 3.8) is 0 Å². The van der Waals surface area contributed by atoms with Crippen molar-refractivity contribution in [2.45, 2.75) is 19.9 Å². The Kier molecular flexibility index (Phi) is 4.88. The van der Waals surface area contributed by atoms with Crippen LogP contribution in [0.25, 0.3) is 0 Å². The van der Waals surface area contributed by atoms with Crippen LogP contribution in [-0.4, -0.2) is 48.2 Å². The molecule has 0 saturated carbocycles. The number of nitrogens with zero attached hydrogens (tertiary/aromatic N) is 3. The fraction of sp³-hybridized carbons (Fsp3) is 0.500. The van der Waals surface area contributed by atoms with Gasteiger partial charge in [-0.1, -0.05) is 5.16 Å². The molecule has 0 unspecified atom stereocenters. The number of nitrogens with two attached hydrogens (primary N) is 1. The minimum absolute atomic E-state index is 0.119. The molecule has 0 bridgehead atoms. The molecule has 20 heavy (non-hydrogen) atoms. The average Bonchev–Trinajstić information content (AvgIpc) is 2.46. The molecule has 5 nitrogen and oxygen atoms in total. The number of hydrogen-bond donors (Lipinski definition) is 2. The minimum atomic E-state index is 0.119. The van der Waals surface area contributed by atoms with E-state index in [1.54, 1.807) is 0 Å². The van der Waals surface area contributed by atoms with Crippen LogP contribution in [0, 0.1) is 0 Å². The number of piperazine rings is 1. The van der Waals surface area contributed by atoms with Crippen molar-refractivity contribution in [3.05, 3.63) is 28.2 Å². The zero-order valence-corrected chi connectivity index (χ0v) is 13.5. The third-order valence-corrected chi connectivity index (χ3v) is 4.40. The molecular formula is C14H21BrN4O. The van der Waals surface area contributed by atoms with Gasteiger partial charge in [-0.25, -0.2) is 0 Å². The predicted octanol–water partition coefficient (Wildman–Crippen LogP) is 2.07. The highest BCUT2D eigenvalue weighted by Crippen LogP contribution is 2.25. The van der Waals surface area contributed by atoms with E-state index >= 15 is 0 Å². The summed E-state index contributed by atoms with van der Waals surface area (Å²) in [6, 6.07) is 6.53. The fourth-order valence-corrected chi connectivity index (χ4v) is 3.03. The van der Waals surface area contributed by atoms with Crippen molar-refractivity contribution in [1.29, 1.82) is 0 Å². The second-order valence-corrected chi connectivity index (χ2v) is 6.12. The van der Waals surface area contributed by atoms with Crippen molar-refractivity contribution in [2.75, 3.05) is 31.1 Å². The van der Waals surface area contributed by atoms with Gasteiger partial charge < -0.3 is 15.8 Å². The van der Waals surface area contributed by atoms with E-state index in [1.807, 2.05) is 18.2 Å². The van der Waals surface area contributed by atoms with Gasteiger partial charge >= 0.3 is 0 Å². The molecule has 1 aliphatic heterocycles. The maximum absolute atomic E-state index is 8.74. The SMILES string of the molecule is CC(C)N1CCN(c2ccc(/C(N)=N/O)c(Br)c2)CC1. The molecule has 0 amide bonds. The second kappa shape index (κ2) is 6.45. The van der Waals surface area contributed by atoms with E-state index in [4.69, 9.17) is 10.9 Å². The van der Waals surface area contributed by atoms with Gasteiger partial charge in [0.2, 0.25) is 0 Å². The summed E-state index contributed by atoms with van der Waals surface area (Å²) in [4.78, 5) is 4.84. The van der Waals surface area contributed by atoms with E-state index in [1.165, 1.54) is 0 Å². The summed E-state index contributed by atoms with van der Waals surface area (Å²) in [6.45, 7) is 8.67. The topological polar surface area (TPSA) is 65.1 Å². The molecule has 110 valence electrons. The molecule has 0 radical (unpaired) electrons. The van der Waals surface area contributed by atoms with E-state index in [9.17, 15) is 0 Å². The van der Waals surface area contributed by atoms with Crippen LogP contribution >= 0.6 is 15.9 Å². The zero-order valence-electron chi connectivity index (χ0n) is 11.9. The monoisotopic (exact) mass is 340 g/mol. The molecule has 1 fully saturated rings.